The lowest BCUT2D eigenvalue weighted by molar-refractivity contribution is 0.205. The van der Waals surface area contributed by atoms with Crippen LogP contribution in [0.1, 0.15) is 11.7 Å². The lowest BCUT2D eigenvalue weighted by Gasteiger charge is -2.12. The first-order valence-electron chi connectivity index (χ1n) is 4.66. The molecule has 1 aromatic carbocycles. The van der Waals surface area contributed by atoms with Gasteiger partial charge in [0, 0.05) is 23.3 Å². The lowest BCUT2D eigenvalue weighted by atomic mass is 10.1. The zero-order valence-corrected chi connectivity index (χ0v) is 9.63. The number of aliphatic hydroxyl groups is 1. The van der Waals surface area contributed by atoms with Gasteiger partial charge in [0.05, 0.1) is 11.8 Å². The summed E-state index contributed by atoms with van der Waals surface area (Å²) in [5.41, 5.74) is 1.78. The zero-order valence-electron chi connectivity index (χ0n) is 8.05. The minimum atomic E-state index is -0.509. The average Bonchev–Trinajstić information content (AvgIpc) is 2.81. The Bertz CT molecular complexity index is 428. The fourth-order valence-electron chi connectivity index (χ4n) is 1.47. The summed E-state index contributed by atoms with van der Waals surface area (Å²) in [6, 6.07) is 9.55. The van der Waals surface area contributed by atoms with E-state index < -0.39 is 6.10 Å². The van der Waals surface area contributed by atoms with Gasteiger partial charge in [0.2, 0.25) is 0 Å². The van der Waals surface area contributed by atoms with E-state index in [2.05, 4.69) is 21.0 Å². The van der Waals surface area contributed by atoms with Crippen molar-refractivity contribution in [3.8, 4) is 5.69 Å². The molecule has 0 spiro atoms. The summed E-state index contributed by atoms with van der Waals surface area (Å²) < 4.78 is 1.75. The first-order valence-corrected chi connectivity index (χ1v) is 5.78. The van der Waals surface area contributed by atoms with Crippen LogP contribution in [0.2, 0.25) is 0 Å². The van der Waals surface area contributed by atoms with Crippen LogP contribution in [-0.4, -0.2) is 20.2 Å². The van der Waals surface area contributed by atoms with Gasteiger partial charge in [0.25, 0.3) is 0 Å². The van der Waals surface area contributed by atoms with Gasteiger partial charge >= 0.3 is 0 Å². The minimum absolute atomic E-state index is 0.509. The first-order chi connectivity index (χ1) is 7.33. The van der Waals surface area contributed by atoms with Gasteiger partial charge in [0.15, 0.2) is 0 Å². The normalized spacial score (nSPS) is 12.7. The van der Waals surface area contributed by atoms with Gasteiger partial charge in [-0.15, -0.1) is 0 Å². The van der Waals surface area contributed by atoms with Gasteiger partial charge in [-0.1, -0.05) is 34.1 Å². The number of rotatable bonds is 3. The summed E-state index contributed by atoms with van der Waals surface area (Å²) in [7, 11) is 0. The number of halogens is 1. The van der Waals surface area contributed by atoms with Crippen LogP contribution in [0.4, 0.5) is 0 Å². The Morgan fingerprint density at radius 1 is 1.33 bits per heavy atom. The summed E-state index contributed by atoms with van der Waals surface area (Å²) >= 11 is 3.27. The Morgan fingerprint density at radius 3 is 2.80 bits per heavy atom. The maximum atomic E-state index is 9.82. The molecule has 0 bridgehead atoms. The molecule has 1 N–H and O–H groups in total. The van der Waals surface area contributed by atoms with E-state index in [1.807, 2.05) is 36.5 Å². The number of nitrogens with zero attached hydrogens (tertiary/aromatic N) is 2. The standard InChI is InChI=1S/C11H11BrN2O/c12-8-11(15)9-4-1-2-5-10(9)14-7-3-6-13-14/h1-7,11,15H,8H2. The Morgan fingerprint density at radius 2 is 2.13 bits per heavy atom. The Kier molecular flexibility index (Phi) is 3.18. The van der Waals surface area contributed by atoms with Crippen molar-refractivity contribution in [2.24, 2.45) is 0 Å². The number of hydrogen-bond donors (Lipinski definition) is 1. The summed E-state index contributed by atoms with van der Waals surface area (Å²) in [5, 5.41) is 14.5. The number of alkyl halides is 1. The average molecular weight is 267 g/mol. The highest BCUT2D eigenvalue weighted by Gasteiger charge is 2.11. The van der Waals surface area contributed by atoms with E-state index in [9.17, 15) is 5.11 Å². The highest BCUT2D eigenvalue weighted by Crippen LogP contribution is 2.22. The molecule has 2 aromatic rings. The molecule has 0 aliphatic rings. The van der Waals surface area contributed by atoms with Gasteiger partial charge < -0.3 is 5.11 Å². The topological polar surface area (TPSA) is 38.0 Å². The number of aromatic nitrogens is 2. The number of aliphatic hydroxyl groups excluding tert-OH is 1. The van der Waals surface area contributed by atoms with E-state index in [1.54, 1.807) is 10.9 Å². The second-order valence-electron chi connectivity index (χ2n) is 3.18. The Hall–Kier alpha value is -1.13. The fraction of sp³-hybridized carbons (Fsp3) is 0.182. The van der Waals surface area contributed by atoms with Crippen LogP contribution in [-0.2, 0) is 0 Å². The number of hydrogen-bond acceptors (Lipinski definition) is 2. The monoisotopic (exact) mass is 266 g/mol. The van der Waals surface area contributed by atoms with E-state index in [0.29, 0.717) is 5.33 Å². The molecule has 0 radical (unpaired) electrons. The van der Waals surface area contributed by atoms with Gasteiger partial charge in [0.1, 0.15) is 0 Å². The third-order valence-electron chi connectivity index (χ3n) is 2.19. The SMILES string of the molecule is OC(CBr)c1ccccc1-n1cccn1. The molecule has 15 heavy (non-hydrogen) atoms. The molecule has 1 unspecified atom stereocenters. The molecule has 0 amide bonds. The summed E-state index contributed by atoms with van der Waals surface area (Å²) in [6.07, 6.45) is 3.07. The van der Waals surface area contributed by atoms with E-state index >= 15 is 0 Å². The Balaban J connectivity index is 2.47. The van der Waals surface area contributed by atoms with Crippen molar-refractivity contribution in [2.45, 2.75) is 6.10 Å². The molecule has 0 saturated heterocycles. The van der Waals surface area contributed by atoms with Crippen LogP contribution in [0.5, 0.6) is 0 Å². The molecule has 0 fully saturated rings. The van der Waals surface area contributed by atoms with Gasteiger partial charge in [-0.05, 0) is 12.1 Å². The highest BCUT2D eigenvalue weighted by atomic mass is 79.9. The van der Waals surface area contributed by atoms with Gasteiger partial charge in [-0.2, -0.15) is 5.10 Å². The van der Waals surface area contributed by atoms with Crippen molar-refractivity contribution < 1.29 is 5.11 Å². The number of para-hydroxylation sites is 1. The quantitative estimate of drug-likeness (QED) is 0.866. The molecule has 1 aromatic heterocycles. The lowest BCUT2D eigenvalue weighted by Crippen LogP contribution is -2.05. The molecule has 0 aliphatic heterocycles. The maximum absolute atomic E-state index is 9.82. The van der Waals surface area contributed by atoms with Crippen LogP contribution < -0.4 is 0 Å². The summed E-state index contributed by atoms with van der Waals surface area (Å²) in [6.45, 7) is 0. The van der Waals surface area contributed by atoms with Gasteiger partial charge in [-0.25, -0.2) is 4.68 Å². The van der Waals surface area contributed by atoms with Crippen LogP contribution in [0, 0.1) is 0 Å². The van der Waals surface area contributed by atoms with Crippen molar-refractivity contribution in [1.29, 1.82) is 0 Å². The summed E-state index contributed by atoms with van der Waals surface area (Å²) in [4.78, 5) is 0. The second-order valence-corrected chi connectivity index (χ2v) is 3.83. The number of benzene rings is 1. The minimum Gasteiger partial charge on any atom is -0.387 e. The van der Waals surface area contributed by atoms with E-state index in [-0.39, 0.29) is 0 Å². The third-order valence-corrected chi connectivity index (χ3v) is 2.81. The predicted molar refractivity (Wildman–Crippen MR) is 62.3 cm³/mol. The van der Waals surface area contributed by atoms with Crippen molar-refractivity contribution >= 4 is 15.9 Å². The van der Waals surface area contributed by atoms with Crippen LogP contribution in [0.15, 0.2) is 42.7 Å². The molecule has 0 saturated carbocycles. The van der Waals surface area contributed by atoms with E-state index in [1.165, 1.54) is 0 Å². The van der Waals surface area contributed by atoms with Crippen LogP contribution in [0.3, 0.4) is 0 Å². The first kappa shape index (κ1) is 10.4. The fourth-order valence-corrected chi connectivity index (χ4v) is 1.82. The molecular formula is C11H11BrN2O. The molecule has 2 rings (SSSR count). The molecule has 78 valence electrons. The molecule has 0 aliphatic carbocycles. The van der Waals surface area contributed by atoms with Gasteiger partial charge in [-0.3, -0.25) is 0 Å². The molecule has 3 nitrogen and oxygen atoms in total. The summed E-state index contributed by atoms with van der Waals surface area (Å²) in [5.74, 6) is 0. The van der Waals surface area contributed by atoms with Crippen LogP contribution >= 0.6 is 15.9 Å². The predicted octanol–water partition coefficient (Wildman–Crippen LogP) is 2.30. The Labute approximate surface area is 96.5 Å². The maximum Gasteiger partial charge on any atom is 0.0907 e. The zero-order chi connectivity index (χ0) is 10.7. The van der Waals surface area contributed by atoms with Crippen molar-refractivity contribution in [3.05, 3.63) is 48.3 Å². The van der Waals surface area contributed by atoms with Crippen molar-refractivity contribution in [2.75, 3.05) is 5.33 Å². The highest BCUT2D eigenvalue weighted by molar-refractivity contribution is 9.09. The molecule has 1 atom stereocenters. The van der Waals surface area contributed by atoms with E-state index in [0.717, 1.165) is 11.3 Å². The van der Waals surface area contributed by atoms with E-state index in [4.69, 9.17) is 0 Å². The van der Waals surface area contributed by atoms with Crippen molar-refractivity contribution in [1.82, 2.24) is 9.78 Å². The largest absolute Gasteiger partial charge is 0.387 e. The second kappa shape index (κ2) is 4.59. The molecule has 1 heterocycles. The smallest absolute Gasteiger partial charge is 0.0907 e. The van der Waals surface area contributed by atoms with Crippen molar-refractivity contribution in [3.63, 3.8) is 0 Å². The van der Waals surface area contributed by atoms with Crippen LogP contribution in [0.25, 0.3) is 5.69 Å². The molecular weight excluding hydrogens is 256 g/mol. The molecule has 4 heteroatoms. The third kappa shape index (κ3) is 2.11.